The molecule has 1 aromatic heterocycles. The van der Waals surface area contributed by atoms with Crippen molar-refractivity contribution in [2.45, 2.75) is 13.8 Å². The average Bonchev–Trinajstić information content (AvgIpc) is 2.86. The van der Waals surface area contributed by atoms with Gasteiger partial charge in [-0.15, -0.1) is 11.3 Å². The lowest BCUT2D eigenvalue weighted by Gasteiger charge is -2.20. The maximum absolute atomic E-state index is 11.8. The fourth-order valence-electron chi connectivity index (χ4n) is 1.39. The van der Waals surface area contributed by atoms with Gasteiger partial charge in [-0.3, -0.25) is 4.79 Å². The van der Waals surface area contributed by atoms with E-state index in [-0.39, 0.29) is 12.5 Å². The van der Waals surface area contributed by atoms with E-state index in [1.54, 1.807) is 22.4 Å². The summed E-state index contributed by atoms with van der Waals surface area (Å²) in [5, 5.41) is 1.79. The number of nitrogens with zero attached hydrogens (tertiary/aromatic N) is 1. The van der Waals surface area contributed by atoms with Gasteiger partial charge in [-0.2, -0.15) is 0 Å². The summed E-state index contributed by atoms with van der Waals surface area (Å²) in [6.45, 7) is 8.33. The predicted octanol–water partition coefficient (Wildman–Crippen LogP) is 2.33. The summed E-state index contributed by atoms with van der Waals surface area (Å²) in [5.74, 6) is -0.657. The quantitative estimate of drug-likeness (QED) is 0.587. The minimum atomic E-state index is -0.454. The molecule has 1 amide bonds. The van der Waals surface area contributed by atoms with Gasteiger partial charge in [0.05, 0.1) is 0 Å². The van der Waals surface area contributed by atoms with Crippen LogP contribution in [0.5, 0.6) is 0 Å². The van der Waals surface area contributed by atoms with Crippen molar-refractivity contribution in [2.24, 2.45) is 0 Å². The van der Waals surface area contributed by atoms with Gasteiger partial charge in [0.2, 0.25) is 0 Å². The first kappa shape index (κ1) is 14.4. The number of hydrogen-bond acceptors (Lipinski definition) is 4. The Bertz CT molecular complexity index is 425. The van der Waals surface area contributed by atoms with Crippen LogP contribution in [-0.2, 0) is 9.53 Å². The molecule has 0 radical (unpaired) electrons. The first-order chi connectivity index (χ1) is 8.54. The summed E-state index contributed by atoms with van der Waals surface area (Å²) >= 11 is 1.29. The molecule has 4 nitrogen and oxygen atoms in total. The highest BCUT2D eigenvalue weighted by Gasteiger charge is 2.15. The fourth-order valence-corrected chi connectivity index (χ4v) is 2.00. The van der Waals surface area contributed by atoms with Crippen LogP contribution < -0.4 is 0 Å². The number of hydrogen-bond donors (Lipinski definition) is 0. The highest BCUT2D eigenvalue weighted by molar-refractivity contribution is 7.11. The topological polar surface area (TPSA) is 46.6 Å². The summed E-state index contributed by atoms with van der Waals surface area (Å²) in [7, 11) is 0. The molecule has 0 atom stereocenters. The van der Waals surface area contributed by atoms with Crippen LogP contribution in [0.25, 0.3) is 0 Å². The van der Waals surface area contributed by atoms with Gasteiger partial charge >= 0.3 is 5.97 Å². The van der Waals surface area contributed by atoms with Gasteiger partial charge in [0.1, 0.15) is 4.88 Å². The molecule has 1 aromatic rings. The second-order valence-corrected chi connectivity index (χ2v) is 4.87. The molecular weight excluding hydrogens is 250 g/mol. The Morgan fingerprint density at radius 2 is 2.22 bits per heavy atom. The number of amides is 1. The lowest BCUT2D eigenvalue weighted by Crippen LogP contribution is -2.35. The number of carbonyl (C=O) groups is 2. The zero-order valence-electron chi connectivity index (χ0n) is 10.6. The molecule has 0 unspecified atom stereocenters. The van der Waals surface area contributed by atoms with E-state index in [0.717, 1.165) is 5.57 Å². The van der Waals surface area contributed by atoms with Crippen molar-refractivity contribution in [3.05, 3.63) is 34.5 Å². The van der Waals surface area contributed by atoms with E-state index >= 15 is 0 Å². The SMILES string of the molecule is C=C(C)CN(CC)C(=O)COC(=O)c1cccs1. The Labute approximate surface area is 111 Å². The smallest absolute Gasteiger partial charge is 0.348 e. The van der Waals surface area contributed by atoms with E-state index in [4.69, 9.17) is 4.74 Å². The lowest BCUT2D eigenvalue weighted by atomic mass is 10.3. The molecule has 0 saturated carbocycles. The Hall–Kier alpha value is -1.62. The molecule has 98 valence electrons. The lowest BCUT2D eigenvalue weighted by molar-refractivity contribution is -0.133. The number of rotatable bonds is 6. The van der Waals surface area contributed by atoms with Crippen molar-refractivity contribution in [2.75, 3.05) is 19.7 Å². The van der Waals surface area contributed by atoms with Gasteiger partial charge in [0.15, 0.2) is 6.61 Å². The van der Waals surface area contributed by atoms with Crippen LogP contribution in [0, 0.1) is 0 Å². The van der Waals surface area contributed by atoms with Gasteiger partial charge < -0.3 is 9.64 Å². The minimum absolute atomic E-state index is 0.203. The Kier molecular flexibility index (Phi) is 5.58. The maximum Gasteiger partial charge on any atom is 0.348 e. The number of likely N-dealkylation sites (N-methyl/N-ethyl adjacent to an activating group) is 1. The highest BCUT2D eigenvalue weighted by atomic mass is 32.1. The molecule has 1 rings (SSSR count). The second kappa shape index (κ2) is 6.96. The first-order valence-corrected chi connectivity index (χ1v) is 6.55. The van der Waals surface area contributed by atoms with E-state index in [9.17, 15) is 9.59 Å². The maximum atomic E-state index is 11.8. The van der Waals surface area contributed by atoms with Crippen molar-refractivity contribution >= 4 is 23.2 Å². The van der Waals surface area contributed by atoms with Crippen molar-refractivity contribution < 1.29 is 14.3 Å². The van der Waals surface area contributed by atoms with Crippen LogP contribution in [0.15, 0.2) is 29.7 Å². The van der Waals surface area contributed by atoms with Gasteiger partial charge in [0.25, 0.3) is 5.91 Å². The van der Waals surface area contributed by atoms with Crippen molar-refractivity contribution in [3.8, 4) is 0 Å². The van der Waals surface area contributed by atoms with Gasteiger partial charge in [-0.1, -0.05) is 18.2 Å². The van der Waals surface area contributed by atoms with E-state index in [2.05, 4.69) is 6.58 Å². The van der Waals surface area contributed by atoms with Crippen molar-refractivity contribution in [1.82, 2.24) is 4.90 Å². The van der Waals surface area contributed by atoms with Gasteiger partial charge in [-0.25, -0.2) is 4.79 Å². The molecular formula is C13H17NO3S. The largest absolute Gasteiger partial charge is 0.451 e. The predicted molar refractivity (Wildman–Crippen MR) is 71.7 cm³/mol. The van der Waals surface area contributed by atoms with Crippen LogP contribution in [0.4, 0.5) is 0 Å². The fraction of sp³-hybridized carbons (Fsp3) is 0.385. The zero-order chi connectivity index (χ0) is 13.5. The van der Waals surface area contributed by atoms with Crippen molar-refractivity contribution in [1.29, 1.82) is 0 Å². The summed E-state index contributed by atoms with van der Waals surface area (Å²) in [6, 6.07) is 3.44. The third-order valence-electron chi connectivity index (χ3n) is 2.24. The van der Waals surface area contributed by atoms with Gasteiger partial charge in [0, 0.05) is 13.1 Å². The number of esters is 1. The molecule has 0 N–H and O–H groups in total. The molecule has 18 heavy (non-hydrogen) atoms. The molecule has 0 fully saturated rings. The van der Waals surface area contributed by atoms with Gasteiger partial charge in [-0.05, 0) is 25.3 Å². The third-order valence-corrected chi connectivity index (χ3v) is 3.09. The Morgan fingerprint density at radius 1 is 1.50 bits per heavy atom. The van der Waals surface area contributed by atoms with E-state index in [1.165, 1.54) is 11.3 Å². The highest BCUT2D eigenvalue weighted by Crippen LogP contribution is 2.10. The molecule has 0 aromatic carbocycles. The molecule has 0 aliphatic rings. The number of thiophene rings is 1. The van der Waals surface area contributed by atoms with Crippen molar-refractivity contribution in [3.63, 3.8) is 0 Å². The summed E-state index contributed by atoms with van der Waals surface area (Å²) in [4.78, 5) is 25.4. The summed E-state index contributed by atoms with van der Waals surface area (Å²) in [6.07, 6.45) is 0. The molecule has 1 heterocycles. The Morgan fingerprint density at radius 3 is 2.72 bits per heavy atom. The molecule has 0 bridgehead atoms. The zero-order valence-corrected chi connectivity index (χ0v) is 11.5. The van der Waals surface area contributed by atoms with Crippen LogP contribution >= 0.6 is 11.3 Å². The van der Waals surface area contributed by atoms with Crippen LogP contribution in [0.2, 0.25) is 0 Å². The van der Waals surface area contributed by atoms with Crippen LogP contribution in [0.1, 0.15) is 23.5 Å². The summed E-state index contributed by atoms with van der Waals surface area (Å²) in [5.41, 5.74) is 0.898. The molecule has 0 aliphatic heterocycles. The van der Waals surface area contributed by atoms with E-state index in [1.807, 2.05) is 13.8 Å². The Balaban J connectivity index is 2.44. The molecule has 0 saturated heterocycles. The number of carbonyl (C=O) groups excluding carboxylic acids is 2. The third kappa shape index (κ3) is 4.33. The van der Waals surface area contributed by atoms with E-state index < -0.39 is 5.97 Å². The first-order valence-electron chi connectivity index (χ1n) is 5.67. The monoisotopic (exact) mass is 267 g/mol. The molecule has 0 spiro atoms. The van der Waals surface area contributed by atoms with E-state index in [0.29, 0.717) is 18.0 Å². The summed E-state index contributed by atoms with van der Waals surface area (Å²) < 4.78 is 4.96. The standard InChI is InChI=1S/C13H17NO3S/c1-4-14(8-10(2)3)12(15)9-17-13(16)11-6-5-7-18-11/h5-7H,2,4,8-9H2,1,3H3. The van der Waals surface area contributed by atoms with Crippen LogP contribution in [-0.4, -0.2) is 36.5 Å². The normalized spacial score (nSPS) is 9.89. The minimum Gasteiger partial charge on any atom is -0.451 e. The molecule has 5 heteroatoms. The second-order valence-electron chi connectivity index (χ2n) is 3.92. The number of ether oxygens (including phenoxy) is 1. The average molecular weight is 267 g/mol. The molecule has 0 aliphatic carbocycles. The van der Waals surface area contributed by atoms with Crippen LogP contribution in [0.3, 0.4) is 0 Å².